The Morgan fingerprint density at radius 2 is 2.03 bits per heavy atom. The fourth-order valence-electron chi connectivity index (χ4n) is 3.74. The van der Waals surface area contributed by atoms with Gasteiger partial charge in [-0.2, -0.15) is 9.78 Å². The number of methoxy groups -OCH3 is 1. The molecule has 0 spiro atoms. The standard InChI is InChI=1S/C20H23Cl2N9O3/c1-33-17-12(8-13(21)9-14(17)22)10-24-26-20(32)16-15(11-30-6-4-2-3-5-7-30)25-29-31(16)19-18(23)27-34-28-19/h8-10H,2-7,11H2,1H3,(H2,23,27)(H,26,32)/b24-10+. The monoisotopic (exact) mass is 507 g/mol. The minimum atomic E-state index is -0.569. The average molecular weight is 508 g/mol. The Morgan fingerprint density at radius 3 is 2.71 bits per heavy atom. The summed E-state index contributed by atoms with van der Waals surface area (Å²) < 4.78 is 11.2. The molecule has 1 aromatic carbocycles. The van der Waals surface area contributed by atoms with E-state index < -0.39 is 5.91 Å². The Labute approximate surface area is 205 Å². The van der Waals surface area contributed by atoms with Gasteiger partial charge in [-0.25, -0.2) is 10.1 Å². The number of hydrogen-bond donors (Lipinski definition) is 2. The van der Waals surface area contributed by atoms with Crippen LogP contribution >= 0.6 is 23.2 Å². The second kappa shape index (κ2) is 10.8. The molecule has 1 amide bonds. The number of nitrogens with two attached hydrogens (primary N) is 1. The molecular weight excluding hydrogens is 485 g/mol. The molecule has 14 heteroatoms. The highest BCUT2D eigenvalue weighted by atomic mass is 35.5. The summed E-state index contributed by atoms with van der Waals surface area (Å²) in [4.78, 5) is 15.4. The summed E-state index contributed by atoms with van der Waals surface area (Å²) in [6, 6.07) is 3.16. The lowest BCUT2D eigenvalue weighted by molar-refractivity contribution is 0.0945. The first kappa shape index (κ1) is 23.9. The second-order valence-corrected chi connectivity index (χ2v) is 8.51. The first-order chi connectivity index (χ1) is 16.5. The second-order valence-electron chi connectivity index (χ2n) is 7.67. The van der Waals surface area contributed by atoms with Crippen LogP contribution in [-0.4, -0.2) is 62.5 Å². The van der Waals surface area contributed by atoms with Crippen LogP contribution in [0.25, 0.3) is 5.82 Å². The molecule has 1 aliphatic rings. The number of ether oxygens (including phenoxy) is 1. The summed E-state index contributed by atoms with van der Waals surface area (Å²) in [7, 11) is 1.47. The summed E-state index contributed by atoms with van der Waals surface area (Å²) in [5.74, 6) is -0.159. The fourth-order valence-corrected chi connectivity index (χ4v) is 4.33. The maximum absolute atomic E-state index is 13.2. The summed E-state index contributed by atoms with van der Waals surface area (Å²) in [5.41, 5.74) is 9.38. The molecule has 2 aromatic heterocycles. The zero-order valence-corrected chi connectivity index (χ0v) is 19.9. The smallest absolute Gasteiger partial charge is 0.292 e. The van der Waals surface area contributed by atoms with E-state index in [2.05, 4.69) is 40.7 Å². The molecule has 0 saturated carbocycles. The number of anilines is 1. The van der Waals surface area contributed by atoms with Crippen LogP contribution in [0.15, 0.2) is 21.9 Å². The molecule has 180 valence electrons. The van der Waals surface area contributed by atoms with Gasteiger partial charge < -0.3 is 10.5 Å². The quantitative estimate of drug-likeness (QED) is 0.363. The first-order valence-corrected chi connectivity index (χ1v) is 11.3. The van der Waals surface area contributed by atoms with Crippen LogP contribution in [0.3, 0.4) is 0 Å². The predicted octanol–water partition coefficient (Wildman–Crippen LogP) is 2.69. The van der Waals surface area contributed by atoms with Crippen LogP contribution in [0.1, 0.15) is 47.4 Å². The number of halogens is 2. The van der Waals surface area contributed by atoms with Crippen LogP contribution in [0.4, 0.5) is 5.82 Å². The van der Waals surface area contributed by atoms with E-state index >= 15 is 0 Å². The largest absolute Gasteiger partial charge is 0.495 e. The van der Waals surface area contributed by atoms with Gasteiger partial charge in [0.2, 0.25) is 11.6 Å². The molecule has 3 N–H and O–H groups in total. The Morgan fingerprint density at radius 1 is 1.26 bits per heavy atom. The van der Waals surface area contributed by atoms with Crippen molar-refractivity contribution in [3.05, 3.63) is 39.1 Å². The summed E-state index contributed by atoms with van der Waals surface area (Å²) in [6.45, 7) is 2.26. The molecule has 0 atom stereocenters. The van der Waals surface area contributed by atoms with Gasteiger partial charge in [-0.05, 0) is 48.4 Å². The van der Waals surface area contributed by atoms with Gasteiger partial charge in [-0.15, -0.1) is 5.10 Å². The summed E-state index contributed by atoms with van der Waals surface area (Å²) in [5, 5.41) is 20.4. The van der Waals surface area contributed by atoms with E-state index in [-0.39, 0.29) is 17.3 Å². The topological polar surface area (TPSA) is 150 Å². The van der Waals surface area contributed by atoms with E-state index in [0.29, 0.717) is 33.6 Å². The number of likely N-dealkylation sites (tertiary alicyclic amines) is 1. The van der Waals surface area contributed by atoms with E-state index in [9.17, 15) is 4.79 Å². The van der Waals surface area contributed by atoms with Crippen LogP contribution in [0.2, 0.25) is 10.0 Å². The maximum atomic E-state index is 13.2. The van der Waals surface area contributed by atoms with Crippen molar-refractivity contribution in [2.24, 2.45) is 5.10 Å². The van der Waals surface area contributed by atoms with E-state index in [0.717, 1.165) is 25.9 Å². The van der Waals surface area contributed by atoms with Crippen LogP contribution < -0.4 is 15.9 Å². The number of carbonyl (C=O) groups excluding carboxylic acids is 1. The Kier molecular flexibility index (Phi) is 7.60. The van der Waals surface area contributed by atoms with Gasteiger partial charge in [0.1, 0.15) is 11.4 Å². The minimum absolute atomic E-state index is 0.0259. The molecule has 3 aromatic rings. The Balaban J connectivity index is 1.61. The number of nitrogen functional groups attached to an aromatic ring is 1. The van der Waals surface area contributed by atoms with Gasteiger partial charge in [0, 0.05) is 17.1 Å². The minimum Gasteiger partial charge on any atom is -0.495 e. The zero-order chi connectivity index (χ0) is 24.1. The van der Waals surface area contributed by atoms with Crippen LogP contribution in [-0.2, 0) is 6.54 Å². The zero-order valence-electron chi connectivity index (χ0n) is 18.4. The molecule has 3 heterocycles. The highest BCUT2D eigenvalue weighted by Crippen LogP contribution is 2.31. The third-order valence-corrected chi connectivity index (χ3v) is 5.83. The predicted molar refractivity (Wildman–Crippen MR) is 125 cm³/mol. The number of hydrazone groups is 1. The van der Waals surface area contributed by atoms with Gasteiger partial charge in [0.25, 0.3) is 5.91 Å². The molecule has 12 nitrogen and oxygen atoms in total. The van der Waals surface area contributed by atoms with Crippen molar-refractivity contribution in [3.8, 4) is 11.6 Å². The van der Waals surface area contributed by atoms with Crippen LogP contribution in [0, 0.1) is 0 Å². The normalized spacial score (nSPS) is 14.9. The van der Waals surface area contributed by atoms with Crippen molar-refractivity contribution in [1.29, 1.82) is 0 Å². The molecular formula is C20H23Cl2N9O3. The van der Waals surface area contributed by atoms with E-state index in [1.807, 2.05) is 0 Å². The van der Waals surface area contributed by atoms with Crippen molar-refractivity contribution in [3.63, 3.8) is 0 Å². The van der Waals surface area contributed by atoms with Crippen LogP contribution in [0.5, 0.6) is 5.75 Å². The van der Waals surface area contributed by atoms with Gasteiger partial charge in [0.15, 0.2) is 5.69 Å². The van der Waals surface area contributed by atoms with E-state index in [4.69, 9.17) is 33.7 Å². The number of nitrogens with one attached hydrogen (secondary N) is 1. The van der Waals surface area contributed by atoms with Crippen molar-refractivity contribution < 1.29 is 14.2 Å². The Bertz CT molecular complexity index is 1190. The highest BCUT2D eigenvalue weighted by Gasteiger charge is 2.26. The number of aromatic nitrogens is 5. The molecule has 4 rings (SSSR count). The fraction of sp³-hybridized carbons (Fsp3) is 0.400. The maximum Gasteiger partial charge on any atom is 0.292 e. The average Bonchev–Trinajstić information content (AvgIpc) is 3.31. The summed E-state index contributed by atoms with van der Waals surface area (Å²) in [6.07, 6.45) is 5.92. The lowest BCUT2D eigenvalue weighted by Crippen LogP contribution is -2.28. The van der Waals surface area contributed by atoms with Gasteiger partial charge in [-0.1, -0.05) is 41.3 Å². The lowest BCUT2D eigenvalue weighted by atomic mass is 10.2. The first-order valence-electron chi connectivity index (χ1n) is 10.6. The van der Waals surface area contributed by atoms with Crippen molar-refractivity contribution in [2.45, 2.75) is 32.2 Å². The van der Waals surface area contributed by atoms with Gasteiger partial charge in [0.05, 0.1) is 18.3 Å². The number of carbonyl (C=O) groups is 1. The third-order valence-electron chi connectivity index (χ3n) is 5.33. The van der Waals surface area contributed by atoms with Gasteiger partial charge >= 0.3 is 0 Å². The molecule has 0 aliphatic carbocycles. The van der Waals surface area contributed by atoms with E-state index in [1.165, 1.54) is 30.8 Å². The van der Waals surface area contributed by atoms with Gasteiger partial charge in [-0.3, -0.25) is 9.69 Å². The lowest BCUT2D eigenvalue weighted by Gasteiger charge is -2.18. The number of amides is 1. The van der Waals surface area contributed by atoms with Crippen molar-refractivity contribution in [1.82, 2.24) is 35.6 Å². The SMILES string of the molecule is COc1c(Cl)cc(Cl)cc1/C=N/NC(=O)c1c(CN2CCCCCC2)nnn1-c1nonc1N. The molecule has 34 heavy (non-hydrogen) atoms. The highest BCUT2D eigenvalue weighted by molar-refractivity contribution is 6.36. The molecule has 1 saturated heterocycles. The summed E-state index contributed by atoms with van der Waals surface area (Å²) >= 11 is 12.2. The number of hydrogen-bond acceptors (Lipinski definition) is 10. The molecule has 1 fully saturated rings. The number of benzene rings is 1. The molecule has 0 radical (unpaired) electrons. The Hall–Kier alpha value is -3.22. The van der Waals surface area contributed by atoms with Crippen molar-refractivity contribution >= 4 is 41.1 Å². The van der Waals surface area contributed by atoms with E-state index in [1.54, 1.807) is 12.1 Å². The molecule has 0 unspecified atom stereocenters. The third kappa shape index (κ3) is 5.29. The number of nitrogens with zero attached hydrogens (tertiary/aromatic N) is 7. The van der Waals surface area contributed by atoms with Crippen molar-refractivity contribution in [2.75, 3.05) is 25.9 Å². The molecule has 1 aliphatic heterocycles. The number of rotatable bonds is 7. The molecule has 0 bridgehead atoms.